The van der Waals surface area contributed by atoms with E-state index >= 15 is 0 Å². The number of imide groups is 1. The van der Waals surface area contributed by atoms with Crippen molar-refractivity contribution in [2.45, 2.75) is 62.3 Å². The number of hydroxylamine groups is 2. The first-order valence-electron chi connectivity index (χ1n) is 8.92. The van der Waals surface area contributed by atoms with Crippen molar-refractivity contribution in [3.8, 4) is 0 Å². The highest BCUT2D eigenvalue weighted by Gasteiger charge is 2.47. The van der Waals surface area contributed by atoms with Gasteiger partial charge in [-0.3, -0.25) is 9.59 Å². The zero-order valence-electron chi connectivity index (χ0n) is 15.1. The molecule has 27 heavy (non-hydrogen) atoms. The molecular formula is C18H22N2O6S. The summed E-state index contributed by atoms with van der Waals surface area (Å²) in [7, 11) is -3.98. The van der Waals surface area contributed by atoms with Gasteiger partial charge in [0.1, 0.15) is 5.54 Å². The molecule has 1 saturated carbocycles. The topological polar surface area (TPSA) is 110 Å². The molecule has 3 rings (SSSR count). The smallest absolute Gasteiger partial charge is 0.328 e. The van der Waals surface area contributed by atoms with Gasteiger partial charge in [0.25, 0.3) is 11.8 Å². The van der Waals surface area contributed by atoms with E-state index in [1.165, 1.54) is 12.1 Å². The summed E-state index contributed by atoms with van der Waals surface area (Å²) in [5.41, 5.74) is -0.586. The quantitative estimate of drug-likeness (QED) is 0.760. The Labute approximate surface area is 157 Å². The number of hydrogen-bond donors (Lipinski definition) is 1. The predicted octanol–water partition coefficient (Wildman–Crippen LogP) is 1.58. The van der Waals surface area contributed by atoms with Crippen LogP contribution < -0.4 is 4.72 Å². The van der Waals surface area contributed by atoms with E-state index in [0.717, 1.165) is 12.0 Å². The Morgan fingerprint density at radius 2 is 1.59 bits per heavy atom. The summed E-state index contributed by atoms with van der Waals surface area (Å²) >= 11 is 0. The number of carbonyl (C=O) groups excluding carboxylic acids is 3. The second-order valence-electron chi connectivity index (χ2n) is 7.02. The van der Waals surface area contributed by atoms with Crippen molar-refractivity contribution in [2.24, 2.45) is 0 Å². The number of carbonyl (C=O) groups is 3. The number of benzene rings is 1. The maximum atomic E-state index is 12.8. The lowest BCUT2D eigenvalue weighted by molar-refractivity contribution is -0.202. The minimum Gasteiger partial charge on any atom is -0.328 e. The zero-order valence-corrected chi connectivity index (χ0v) is 15.9. The van der Waals surface area contributed by atoms with Crippen LogP contribution in [0.4, 0.5) is 0 Å². The molecule has 1 saturated heterocycles. The highest BCUT2D eigenvalue weighted by Crippen LogP contribution is 2.32. The number of rotatable bonds is 5. The van der Waals surface area contributed by atoms with Crippen LogP contribution in [-0.4, -0.2) is 36.8 Å². The Morgan fingerprint density at radius 1 is 1.04 bits per heavy atom. The van der Waals surface area contributed by atoms with Gasteiger partial charge in [-0.15, -0.1) is 5.06 Å². The molecule has 0 unspecified atom stereocenters. The lowest BCUT2D eigenvalue weighted by Gasteiger charge is -2.35. The van der Waals surface area contributed by atoms with Gasteiger partial charge >= 0.3 is 5.97 Å². The molecule has 1 aromatic carbocycles. The molecular weight excluding hydrogens is 372 g/mol. The molecule has 1 aliphatic heterocycles. The van der Waals surface area contributed by atoms with E-state index in [4.69, 9.17) is 4.84 Å². The van der Waals surface area contributed by atoms with E-state index in [2.05, 4.69) is 4.72 Å². The minimum absolute atomic E-state index is 0.0196. The van der Waals surface area contributed by atoms with E-state index in [1.807, 2.05) is 6.92 Å². The molecule has 0 atom stereocenters. The second-order valence-corrected chi connectivity index (χ2v) is 8.70. The first-order chi connectivity index (χ1) is 12.7. The lowest BCUT2D eigenvalue weighted by Crippen LogP contribution is -2.57. The van der Waals surface area contributed by atoms with Crippen LogP contribution in [0.5, 0.6) is 0 Å². The molecule has 8 nitrogen and oxygen atoms in total. The fraction of sp³-hybridized carbons (Fsp3) is 0.500. The molecule has 2 fully saturated rings. The zero-order chi connectivity index (χ0) is 19.7. The fourth-order valence-corrected chi connectivity index (χ4v) is 4.78. The van der Waals surface area contributed by atoms with Gasteiger partial charge in [0.05, 0.1) is 4.90 Å². The Bertz CT molecular complexity index is 840. The first kappa shape index (κ1) is 19.5. The number of nitrogens with one attached hydrogen (secondary N) is 1. The second kappa shape index (κ2) is 7.40. The molecule has 9 heteroatoms. The van der Waals surface area contributed by atoms with Crippen molar-refractivity contribution in [1.82, 2.24) is 9.79 Å². The molecule has 1 N–H and O–H groups in total. The van der Waals surface area contributed by atoms with Crippen LogP contribution in [0.2, 0.25) is 0 Å². The standard InChI is InChI=1S/C18H22N2O6S/c1-13-5-7-14(8-6-13)27(24,25)19-18(11-3-2-4-12-18)17(23)26-20-15(21)9-10-16(20)22/h5-8,19H,2-4,9-12H2,1H3. The summed E-state index contributed by atoms with van der Waals surface area (Å²) in [5.74, 6) is -2.11. The summed E-state index contributed by atoms with van der Waals surface area (Å²) in [4.78, 5) is 41.4. The van der Waals surface area contributed by atoms with E-state index < -0.39 is 33.3 Å². The molecule has 0 aromatic heterocycles. The van der Waals surface area contributed by atoms with Crippen LogP contribution >= 0.6 is 0 Å². The van der Waals surface area contributed by atoms with Gasteiger partial charge < -0.3 is 4.84 Å². The Morgan fingerprint density at radius 3 is 2.15 bits per heavy atom. The van der Waals surface area contributed by atoms with Crippen LogP contribution in [0.25, 0.3) is 0 Å². The first-order valence-corrected chi connectivity index (χ1v) is 10.4. The van der Waals surface area contributed by atoms with Gasteiger partial charge in [-0.1, -0.05) is 37.0 Å². The number of aryl methyl sites for hydroxylation is 1. The van der Waals surface area contributed by atoms with Crippen LogP contribution in [0.15, 0.2) is 29.2 Å². The van der Waals surface area contributed by atoms with E-state index in [1.54, 1.807) is 12.1 Å². The van der Waals surface area contributed by atoms with E-state index in [0.29, 0.717) is 17.9 Å². The van der Waals surface area contributed by atoms with Gasteiger partial charge in [0.15, 0.2) is 0 Å². The molecule has 1 aliphatic carbocycles. The summed E-state index contributed by atoms with van der Waals surface area (Å²) < 4.78 is 28.1. The number of hydrogen-bond acceptors (Lipinski definition) is 6. The average Bonchev–Trinajstić information content (AvgIpc) is 2.94. The van der Waals surface area contributed by atoms with E-state index in [9.17, 15) is 22.8 Å². The Balaban J connectivity index is 1.86. The van der Waals surface area contributed by atoms with Gasteiger partial charge in [-0.2, -0.15) is 4.72 Å². The maximum absolute atomic E-state index is 12.8. The normalized spacial score (nSPS) is 20.0. The van der Waals surface area contributed by atoms with Crippen LogP contribution in [0, 0.1) is 6.92 Å². The van der Waals surface area contributed by atoms with Crippen LogP contribution in [0.1, 0.15) is 50.5 Å². The van der Waals surface area contributed by atoms with Crippen molar-refractivity contribution in [3.63, 3.8) is 0 Å². The van der Waals surface area contributed by atoms with Crippen molar-refractivity contribution in [2.75, 3.05) is 0 Å². The van der Waals surface area contributed by atoms with Gasteiger partial charge in [-0.05, 0) is 31.9 Å². The third kappa shape index (κ3) is 4.03. The maximum Gasteiger partial charge on any atom is 0.354 e. The summed E-state index contributed by atoms with van der Waals surface area (Å²) in [6, 6.07) is 6.27. The molecule has 1 heterocycles. The Kier molecular flexibility index (Phi) is 5.34. The molecule has 2 aliphatic rings. The average molecular weight is 394 g/mol. The van der Waals surface area contributed by atoms with Crippen molar-refractivity contribution >= 4 is 27.8 Å². The third-order valence-electron chi connectivity index (χ3n) is 4.94. The van der Waals surface area contributed by atoms with Gasteiger partial charge in [0.2, 0.25) is 10.0 Å². The summed E-state index contributed by atoms with van der Waals surface area (Å²) in [6.45, 7) is 1.84. The molecule has 0 bridgehead atoms. The molecule has 0 radical (unpaired) electrons. The lowest BCUT2D eigenvalue weighted by atomic mass is 9.83. The van der Waals surface area contributed by atoms with Crippen molar-refractivity contribution in [3.05, 3.63) is 29.8 Å². The molecule has 146 valence electrons. The largest absolute Gasteiger partial charge is 0.354 e. The van der Waals surface area contributed by atoms with Crippen LogP contribution in [0.3, 0.4) is 0 Å². The van der Waals surface area contributed by atoms with Crippen LogP contribution in [-0.2, 0) is 29.2 Å². The third-order valence-corrected chi connectivity index (χ3v) is 6.49. The number of amides is 2. The van der Waals surface area contributed by atoms with Crippen molar-refractivity contribution < 1.29 is 27.6 Å². The van der Waals surface area contributed by atoms with Gasteiger partial charge in [0, 0.05) is 12.8 Å². The minimum atomic E-state index is -3.98. The monoisotopic (exact) mass is 394 g/mol. The number of sulfonamides is 1. The predicted molar refractivity (Wildman–Crippen MR) is 94.5 cm³/mol. The highest BCUT2D eigenvalue weighted by molar-refractivity contribution is 7.89. The molecule has 0 spiro atoms. The SMILES string of the molecule is Cc1ccc(S(=O)(=O)NC2(C(=O)ON3C(=O)CCC3=O)CCCCC2)cc1. The fourth-order valence-electron chi connectivity index (χ4n) is 3.36. The Hall–Kier alpha value is -2.26. The van der Waals surface area contributed by atoms with E-state index in [-0.39, 0.29) is 30.6 Å². The van der Waals surface area contributed by atoms with Gasteiger partial charge in [-0.25, -0.2) is 13.2 Å². The molecule has 2 amide bonds. The van der Waals surface area contributed by atoms with Crippen molar-refractivity contribution in [1.29, 1.82) is 0 Å². The summed E-state index contributed by atoms with van der Waals surface area (Å²) in [5, 5.41) is 0.457. The summed E-state index contributed by atoms with van der Waals surface area (Å²) in [6.07, 6.45) is 2.58. The highest BCUT2D eigenvalue weighted by atomic mass is 32.2. The number of nitrogens with zero attached hydrogens (tertiary/aromatic N) is 1. The molecule has 1 aromatic rings.